The highest BCUT2D eigenvalue weighted by Gasteiger charge is 2.54. The number of carbonyl (C=O) groups is 2. The Labute approximate surface area is 108 Å². The fraction of sp³-hybridized carbons (Fsp3) is 0.846. The predicted octanol–water partition coefficient (Wildman–Crippen LogP) is -0.0615. The first-order valence-electron chi connectivity index (χ1n) is 6.84. The van der Waals surface area contributed by atoms with Gasteiger partial charge in [0, 0.05) is 6.42 Å². The standard InChI is InChI=1S/C13H23NO4/c1-4-7-8-18-13(16)11-9-14(11)10(5-2)12(15)17-6-3/h10-11H,4-9H2,1-3H3/p+1/t10-,11+,14?/m0/s1. The lowest BCUT2D eigenvalue weighted by atomic mass is 10.2. The summed E-state index contributed by atoms with van der Waals surface area (Å²) in [4.78, 5) is 24.4. The quantitative estimate of drug-likeness (QED) is 0.376. The fourth-order valence-corrected chi connectivity index (χ4v) is 2.04. The van der Waals surface area contributed by atoms with E-state index in [1.165, 1.54) is 0 Å². The highest BCUT2D eigenvalue weighted by Crippen LogP contribution is 2.02. The number of hydrogen-bond acceptors (Lipinski definition) is 4. The maximum atomic E-state index is 11.7. The highest BCUT2D eigenvalue weighted by molar-refractivity contribution is 5.78. The molecule has 5 heteroatoms. The predicted molar refractivity (Wildman–Crippen MR) is 66.2 cm³/mol. The fourth-order valence-electron chi connectivity index (χ4n) is 2.04. The van der Waals surface area contributed by atoms with Gasteiger partial charge in [-0.3, -0.25) is 0 Å². The summed E-state index contributed by atoms with van der Waals surface area (Å²) in [5, 5.41) is 0. The molecule has 18 heavy (non-hydrogen) atoms. The molecule has 1 heterocycles. The van der Waals surface area contributed by atoms with Crippen molar-refractivity contribution in [3.05, 3.63) is 0 Å². The second-order valence-corrected chi connectivity index (χ2v) is 4.57. The minimum absolute atomic E-state index is 0.170. The number of nitrogens with one attached hydrogen (secondary N) is 1. The van der Waals surface area contributed by atoms with Crippen molar-refractivity contribution in [1.29, 1.82) is 0 Å². The monoisotopic (exact) mass is 258 g/mol. The van der Waals surface area contributed by atoms with Gasteiger partial charge in [-0.1, -0.05) is 20.3 Å². The Bertz CT molecular complexity index is 293. The van der Waals surface area contributed by atoms with Gasteiger partial charge in [-0.2, -0.15) is 0 Å². The third kappa shape index (κ3) is 3.98. The van der Waals surface area contributed by atoms with Crippen LogP contribution in [0.4, 0.5) is 0 Å². The van der Waals surface area contributed by atoms with Gasteiger partial charge in [-0.05, 0) is 13.3 Å². The average Bonchev–Trinajstić information content (AvgIpc) is 3.11. The summed E-state index contributed by atoms with van der Waals surface area (Å²) in [6, 6.07) is -0.398. The Hall–Kier alpha value is -1.10. The Kier molecular flexibility index (Phi) is 6.12. The Morgan fingerprint density at radius 3 is 2.56 bits per heavy atom. The zero-order valence-electron chi connectivity index (χ0n) is 11.5. The van der Waals surface area contributed by atoms with Crippen molar-refractivity contribution in [3.8, 4) is 0 Å². The van der Waals surface area contributed by atoms with Crippen LogP contribution in [0.1, 0.15) is 40.0 Å². The van der Waals surface area contributed by atoms with Crippen molar-refractivity contribution in [3.63, 3.8) is 0 Å². The minimum Gasteiger partial charge on any atom is -0.462 e. The molecule has 0 aromatic rings. The van der Waals surface area contributed by atoms with Gasteiger partial charge in [-0.15, -0.1) is 0 Å². The molecule has 1 unspecified atom stereocenters. The summed E-state index contributed by atoms with van der Waals surface area (Å²) in [5.74, 6) is -0.389. The average molecular weight is 258 g/mol. The topological polar surface area (TPSA) is 57.0 Å². The summed E-state index contributed by atoms with van der Waals surface area (Å²) in [5.41, 5.74) is 0. The van der Waals surface area contributed by atoms with E-state index in [0.717, 1.165) is 17.7 Å². The Morgan fingerprint density at radius 1 is 1.28 bits per heavy atom. The molecule has 0 spiro atoms. The van der Waals surface area contributed by atoms with Crippen molar-refractivity contribution < 1.29 is 24.0 Å². The number of esters is 2. The normalized spacial score (nSPS) is 23.3. The van der Waals surface area contributed by atoms with Gasteiger partial charge < -0.3 is 14.4 Å². The van der Waals surface area contributed by atoms with Crippen molar-refractivity contribution in [1.82, 2.24) is 0 Å². The molecule has 5 nitrogen and oxygen atoms in total. The van der Waals surface area contributed by atoms with Crippen molar-refractivity contribution in [2.24, 2.45) is 0 Å². The summed E-state index contributed by atoms with van der Waals surface area (Å²) >= 11 is 0. The lowest BCUT2D eigenvalue weighted by molar-refractivity contribution is -0.790. The zero-order valence-corrected chi connectivity index (χ0v) is 11.5. The van der Waals surface area contributed by atoms with Crippen molar-refractivity contribution >= 4 is 11.9 Å². The molecule has 104 valence electrons. The van der Waals surface area contributed by atoms with Gasteiger partial charge in [0.05, 0.1) is 13.2 Å². The van der Waals surface area contributed by atoms with Crippen LogP contribution in [0, 0.1) is 0 Å². The molecule has 1 rings (SSSR count). The number of carbonyl (C=O) groups excluding carboxylic acids is 2. The molecular weight excluding hydrogens is 234 g/mol. The first-order valence-corrected chi connectivity index (χ1v) is 6.84. The van der Waals surface area contributed by atoms with E-state index in [1.807, 2.05) is 6.92 Å². The summed E-state index contributed by atoms with van der Waals surface area (Å²) in [6.45, 7) is 7.33. The van der Waals surface area contributed by atoms with Gasteiger partial charge in [0.15, 0.2) is 6.04 Å². The van der Waals surface area contributed by atoms with E-state index < -0.39 is 0 Å². The molecule has 0 aromatic heterocycles. The van der Waals surface area contributed by atoms with Crippen LogP contribution < -0.4 is 4.90 Å². The smallest absolute Gasteiger partial charge is 0.371 e. The second kappa shape index (κ2) is 7.36. The van der Waals surface area contributed by atoms with E-state index in [9.17, 15) is 9.59 Å². The molecule has 0 aliphatic carbocycles. The van der Waals surface area contributed by atoms with Crippen LogP contribution in [0.5, 0.6) is 0 Å². The molecule has 1 N–H and O–H groups in total. The van der Waals surface area contributed by atoms with Gasteiger partial charge >= 0.3 is 11.9 Å². The van der Waals surface area contributed by atoms with E-state index in [1.54, 1.807) is 6.92 Å². The number of hydrogen-bond donors (Lipinski definition) is 1. The lowest BCUT2D eigenvalue weighted by Crippen LogP contribution is -3.01. The second-order valence-electron chi connectivity index (χ2n) is 4.57. The number of quaternary nitrogens is 1. The molecule has 0 radical (unpaired) electrons. The maximum absolute atomic E-state index is 11.7. The largest absolute Gasteiger partial charge is 0.462 e. The SMILES string of the molecule is CCCCOC(=O)[C@H]1C[NH+]1[C@@H](CC)C(=O)OCC. The number of unbranched alkanes of at least 4 members (excludes halogenated alkanes) is 1. The van der Waals surface area contributed by atoms with Gasteiger partial charge in [0.1, 0.15) is 6.54 Å². The first-order chi connectivity index (χ1) is 8.65. The van der Waals surface area contributed by atoms with E-state index >= 15 is 0 Å². The lowest BCUT2D eigenvalue weighted by Gasteiger charge is -2.12. The molecule has 1 aliphatic heterocycles. The van der Waals surface area contributed by atoms with E-state index in [-0.39, 0.29) is 24.0 Å². The first kappa shape index (κ1) is 15.0. The minimum atomic E-state index is -0.228. The molecular formula is C13H24NO4+. The number of ether oxygens (including phenoxy) is 2. The van der Waals surface area contributed by atoms with E-state index in [4.69, 9.17) is 9.47 Å². The molecule has 1 fully saturated rings. The van der Waals surface area contributed by atoms with Crippen LogP contribution in [0.15, 0.2) is 0 Å². The highest BCUT2D eigenvalue weighted by atomic mass is 16.5. The molecule has 3 atom stereocenters. The molecule has 1 aliphatic rings. The molecule has 0 bridgehead atoms. The summed E-state index contributed by atoms with van der Waals surface area (Å²) < 4.78 is 10.2. The van der Waals surface area contributed by atoms with Gasteiger partial charge in [0.2, 0.25) is 6.04 Å². The molecule has 1 saturated heterocycles. The van der Waals surface area contributed by atoms with Crippen molar-refractivity contribution in [2.45, 2.75) is 52.1 Å². The van der Waals surface area contributed by atoms with Gasteiger partial charge in [0.25, 0.3) is 0 Å². The third-order valence-electron chi connectivity index (χ3n) is 3.18. The van der Waals surface area contributed by atoms with Crippen LogP contribution in [-0.4, -0.2) is 43.8 Å². The van der Waals surface area contributed by atoms with Crippen LogP contribution in [0.3, 0.4) is 0 Å². The van der Waals surface area contributed by atoms with Crippen LogP contribution >= 0.6 is 0 Å². The van der Waals surface area contributed by atoms with Crippen LogP contribution in [0.2, 0.25) is 0 Å². The van der Waals surface area contributed by atoms with Gasteiger partial charge in [-0.25, -0.2) is 9.59 Å². The van der Waals surface area contributed by atoms with Crippen molar-refractivity contribution in [2.75, 3.05) is 19.8 Å². The van der Waals surface area contributed by atoms with E-state index in [2.05, 4.69) is 6.92 Å². The zero-order chi connectivity index (χ0) is 13.5. The Balaban J connectivity index is 2.36. The van der Waals surface area contributed by atoms with Crippen LogP contribution in [-0.2, 0) is 19.1 Å². The molecule has 0 saturated carbocycles. The maximum Gasteiger partial charge on any atom is 0.371 e. The van der Waals surface area contributed by atoms with Crippen LogP contribution in [0.25, 0.3) is 0 Å². The summed E-state index contributed by atoms with van der Waals surface area (Å²) in [7, 11) is 0. The number of rotatable bonds is 8. The Morgan fingerprint density at radius 2 is 2.00 bits per heavy atom. The summed E-state index contributed by atoms with van der Waals surface area (Å²) in [6.07, 6.45) is 2.59. The third-order valence-corrected chi connectivity index (χ3v) is 3.18. The molecule has 0 amide bonds. The molecule has 0 aromatic carbocycles. The van der Waals surface area contributed by atoms with E-state index in [0.29, 0.717) is 26.2 Å².